The minimum absolute atomic E-state index is 0.106. The van der Waals surface area contributed by atoms with E-state index in [2.05, 4.69) is 0 Å². The van der Waals surface area contributed by atoms with Gasteiger partial charge in [0.1, 0.15) is 11.3 Å². The SMILES string of the molecule is CN1CCN(S(=O)(=O)c2ccc(Oc3ccc4c5c(c(=O)oc4c3)CCC5)c([N+](=O)[O-])c2)CC1. The molecule has 178 valence electrons. The Balaban J connectivity index is 1.47. The van der Waals surface area contributed by atoms with E-state index in [9.17, 15) is 23.3 Å². The zero-order chi connectivity index (χ0) is 24.0. The quantitative estimate of drug-likeness (QED) is 0.307. The van der Waals surface area contributed by atoms with Crippen molar-refractivity contribution in [3.8, 4) is 11.5 Å². The van der Waals surface area contributed by atoms with E-state index in [1.165, 1.54) is 22.5 Å². The van der Waals surface area contributed by atoms with Crippen molar-refractivity contribution in [2.24, 2.45) is 0 Å². The molecule has 0 N–H and O–H groups in total. The van der Waals surface area contributed by atoms with Crippen molar-refractivity contribution < 1.29 is 22.5 Å². The fourth-order valence-electron chi connectivity index (χ4n) is 4.52. The summed E-state index contributed by atoms with van der Waals surface area (Å²) >= 11 is 0. The molecule has 34 heavy (non-hydrogen) atoms. The van der Waals surface area contributed by atoms with Crippen LogP contribution in [0.2, 0.25) is 0 Å². The van der Waals surface area contributed by atoms with Gasteiger partial charge in [-0.05, 0) is 56.1 Å². The summed E-state index contributed by atoms with van der Waals surface area (Å²) in [5.41, 5.74) is 1.18. The first-order chi connectivity index (χ1) is 16.2. The third-order valence-corrected chi connectivity index (χ3v) is 8.29. The van der Waals surface area contributed by atoms with Crippen LogP contribution in [-0.2, 0) is 22.9 Å². The number of piperazine rings is 1. The molecule has 0 amide bonds. The highest BCUT2D eigenvalue weighted by atomic mass is 32.2. The molecule has 0 atom stereocenters. The number of fused-ring (bicyclic) bond motifs is 3. The van der Waals surface area contributed by atoms with Crippen LogP contribution >= 0.6 is 0 Å². The Morgan fingerprint density at radius 1 is 1.03 bits per heavy atom. The number of nitro benzene ring substituents is 1. The van der Waals surface area contributed by atoms with Gasteiger partial charge in [0.2, 0.25) is 15.8 Å². The van der Waals surface area contributed by atoms with E-state index < -0.39 is 20.6 Å². The number of rotatable bonds is 5. The zero-order valence-corrected chi connectivity index (χ0v) is 19.3. The number of benzene rings is 2. The molecule has 2 aliphatic rings. The second kappa shape index (κ2) is 8.49. The van der Waals surface area contributed by atoms with Gasteiger partial charge in [-0.15, -0.1) is 0 Å². The minimum atomic E-state index is -3.87. The fraction of sp³-hybridized carbons (Fsp3) is 0.348. The van der Waals surface area contributed by atoms with Crippen molar-refractivity contribution in [2.75, 3.05) is 33.2 Å². The van der Waals surface area contributed by atoms with Crippen LogP contribution < -0.4 is 10.4 Å². The third-order valence-electron chi connectivity index (χ3n) is 6.40. The number of hydrogen-bond acceptors (Lipinski definition) is 8. The number of aryl methyl sites for hydroxylation is 1. The Bertz CT molecular complexity index is 1460. The van der Waals surface area contributed by atoms with Crippen LogP contribution in [0.1, 0.15) is 17.5 Å². The molecule has 1 fully saturated rings. The van der Waals surface area contributed by atoms with Gasteiger partial charge in [-0.1, -0.05) is 0 Å². The smallest absolute Gasteiger partial charge is 0.339 e. The van der Waals surface area contributed by atoms with E-state index in [0.29, 0.717) is 43.7 Å². The Kier molecular flexibility index (Phi) is 5.62. The lowest BCUT2D eigenvalue weighted by Gasteiger charge is -2.31. The van der Waals surface area contributed by atoms with E-state index in [4.69, 9.17) is 9.15 Å². The van der Waals surface area contributed by atoms with Gasteiger partial charge in [-0.3, -0.25) is 10.1 Å². The number of nitro groups is 1. The van der Waals surface area contributed by atoms with Gasteiger partial charge in [0.25, 0.3) is 0 Å². The Morgan fingerprint density at radius 2 is 1.76 bits per heavy atom. The molecule has 0 bridgehead atoms. The normalized spacial score (nSPS) is 17.1. The van der Waals surface area contributed by atoms with E-state index in [1.807, 2.05) is 11.9 Å². The number of hydrogen-bond donors (Lipinski definition) is 0. The molecule has 1 aliphatic carbocycles. The maximum absolute atomic E-state index is 13.0. The highest BCUT2D eigenvalue weighted by Gasteiger charge is 2.30. The summed E-state index contributed by atoms with van der Waals surface area (Å²) in [5.74, 6) is 0.136. The fourth-order valence-corrected chi connectivity index (χ4v) is 5.96. The van der Waals surface area contributed by atoms with Crippen LogP contribution in [0.3, 0.4) is 0 Å². The molecule has 5 rings (SSSR count). The van der Waals surface area contributed by atoms with Crippen molar-refractivity contribution in [3.05, 3.63) is 68.1 Å². The lowest BCUT2D eigenvalue weighted by atomic mass is 10.1. The molecule has 0 unspecified atom stereocenters. The first-order valence-corrected chi connectivity index (χ1v) is 12.4. The van der Waals surface area contributed by atoms with Crippen LogP contribution in [0.4, 0.5) is 5.69 Å². The van der Waals surface area contributed by atoms with Crippen LogP contribution in [0.25, 0.3) is 11.0 Å². The van der Waals surface area contributed by atoms with Gasteiger partial charge in [0.05, 0.1) is 9.82 Å². The summed E-state index contributed by atoms with van der Waals surface area (Å²) in [6, 6.07) is 8.56. The average molecular weight is 486 g/mol. The minimum Gasteiger partial charge on any atom is -0.450 e. The van der Waals surface area contributed by atoms with Crippen molar-refractivity contribution in [1.82, 2.24) is 9.21 Å². The van der Waals surface area contributed by atoms with E-state index in [0.717, 1.165) is 29.9 Å². The summed E-state index contributed by atoms with van der Waals surface area (Å²) in [4.78, 5) is 25.2. The molecular weight excluding hydrogens is 462 g/mol. The molecule has 2 heterocycles. The Morgan fingerprint density at radius 3 is 2.50 bits per heavy atom. The van der Waals surface area contributed by atoms with Gasteiger partial charge in [0, 0.05) is 49.3 Å². The van der Waals surface area contributed by atoms with Gasteiger partial charge in [-0.25, -0.2) is 13.2 Å². The second-order valence-electron chi connectivity index (χ2n) is 8.55. The molecule has 10 nitrogen and oxygen atoms in total. The highest BCUT2D eigenvalue weighted by Crippen LogP contribution is 2.36. The maximum atomic E-state index is 13.0. The summed E-state index contributed by atoms with van der Waals surface area (Å²) in [6.45, 7) is 1.81. The standard InChI is InChI=1S/C23H23N3O7S/c1-24-9-11-25(12-10-24)34(30,31)16-6-8-21(20(14-16)26(28)29)32-15-5-7-18-17-3-2-4-19(17)23(27)33-22(18)13-15/h5-8,13-14H,2-4,9-12H2,1H3. The van der Waals surface area contributed by atoms with E-state index in [1.54, 1.807) is 12.1 Å². The lowest BCUT2D eigenvalue weighted by Crippen LogP contribution is -2.47. The highest BCUT2D eigenvalue weighted by molar-refractivity contribution is 7.89. The van der Waals surface area contributed by atoms with Crippen LogP contribution in [-0.4, -0.2) is 55.8 Å². The van der Waals surface area contributed by atoms with Crippen molar-refractivity contribution in [1.29, 1.82) is 0 Å². The van der Waals surface area contributed by atoms with Crippen molar-refractivity contribution >= 4 is 26.7 Å². The molecular formula is C23H23N3O7S. The summed E-state index contributed by atoms with van der Waals surface area (Å²) < 4.78 is 38.5. The Labute approximate surface area is 195 Å². The second-order valence-corrected chi connectivity index (χ2v) is 10.5. The largest absolute Gasteiger partial charge is 0.450 e. The summed E-state index contributed by atoms with van der Waals surface area (Å²) in [5, 5.41) is 12.6. The van der Waals surface area contributed by atoms with Gasteiger partial charge >= 0.3 is 11.3 Å². The number of likely N-dealkylation sites (N-methyl/N-ethyl adjacent to an activating group) is 1. The monoisotopic (exact) mass is 485 g/mol. The van der Waals surface area contributed by atoms with E-state index >= 15 is 0 Å². The molecule has 0 spiro atoms. The van der Waals surface area contributed by atoms with Crippen LogP contribution in [0.15, 0.2) is 50.5 Å². The van der Waals surface area contributed by atoms with Gasteiger partial charge in [-0.2, -0.15) is 4.31 Å². The van der Waals surface area contributed by atoms with Crippen LogP contribution in [0, 0.1) is 10.1 Å². The molecule has 0 saturated carbocycles. The molecule has 11 heteroatoms. The predicted molar refractivity (Wildman–Crippen MR) is 124 cm³/mol. The number of sulfonamides is 1. The van der Waals surface area contributed by atoms with Gasteiger partial charge in [0.15, 0.2) is 0 Å². The molecule has 1 aromatic heterocycles. The zero-order valence-electron chi connectivity index (χ0n) is 18.5. The maximum Gasteiger partial charge on any atom is 0.339 e. The average Bonchev–Trinajstić information content (AvgIpc) is 3.30. The summed E-state index contributed by atoms with van der Waals surface area (Å²) in [6.07, 6.45) is 2.39. The Hall–Kier alpha value is -3.28. The number of nitrogens with zero attached hydrogens (tertiary/aromatic N) is 3. The van der Waals surface area contributed by atoms with Crippen molar-refractivity contribution in [3.63, 3.8) is 0 Å². The van der Waals surface area contributed by atoms with Crippen LogP contribution in [0.5, 0.6) is 11.5 Å². The molecule has 1 aliphatic heterocycles. The molecule has 2 aromatic carbocycles. The first kappa shape index (κ1) is 22.5. The predicted octanol–water partition coefficient (Wildman–Crippen LogP) is 2.92. The number of ether oxygens (including phenoxy) is 1. The third kappa shape index (κ3) is 3.95. The topological polar surface area (TPSA) is 123 Å². The van der Waals surface area contributed by atoms with E-state index in [-0.39, 0.29) is 22.0 Å². The lowest BCUT2D eigenvalue weighted by molar-refractivity contribution is -0.385. The first-order valence-electron chi connectivity index (χ1n) is 11.0. The summed E-state index contributed by atoms with van der Waals surface area (Å²) in [7, 11) is -1.96. The molecule has 3 aromatic rings. The molecule has 1 saturated heterocycles. The van der Waals surface area contributed by atoms with Crippen molar-refractivity contribution in [2.45, 2.75) is 24.2 Å². The van der Waals surface area contributed by atoms with Gasteiger partial charge < -0.3 is 14.1 Å². The molecule has 0 radical (unpaired) electrons.